The van der Waals surface area contributed by atoms with Gasteiger partial charge in [0.25, 0.3) is 0 Å². The van der Waals surface area contributed by atoms with Crippen molar-refractivity contribution < 1.29 is 23.8 Å². The van der Waals surface area contributed by atoms with Crippen LogP contribution in [0.15, 0.2) is 36.4 Å². The number of fused-ring (bicyclic) bond motifs is 1. The molecule has 0 aromatic heterocycles. The molecule has 0 spiro atoms. The van der Waals surface area contributed by atoms with Crippen molar-refractivity contribution in [2.24, 2.45) is 0 Å². The molecule has 0 bridgehead atoms. The lowest BCUT2D eigenvalue weighted by Crippen LogP contribution is -2.52. The summed E-state index contributed by atoms with van der Waals surface area (Å²) < 4.78 is 16.4. The highest BCUT2D eigenvalue weighted by atomic mass is 16.5. The third kappa shape index (κ3) is 4.62. The van der Waals surface area contributed by atoms with Gasteiger partial charge in [0.05, 0.1) is 27.4 Å². The Morgan fingerprint density at radius 2 is 1.59 bits per heavy atom. The maximum atomic E-state index is 13.5. The largest absolute Gasteiger partial charge is 0.497 e. The molecule has 0 saturated carbocycles. The van der Waals surface area contributed by atoms with Crippen molar-refractivity contribution >= 4 is 11.9 Å². The average Bonchev–Trinajstić information content (AvgIpc) is 3.41. The normalized spacial score (nSPS) is 18.2. The monoisotopic (exact) mass is 467 g/mol. The van der Waals surface area contributed by atoms with Gasteiger partial charge in [-0.25, -0.2) is 4.79 Å². The predicted molar refractivity (Wildman–Crippen MR) is 129 cm³/mol. The summed E-state index contributed by atoms with van der Waals surface area (Å²) in [5.41, 5.74) is 3.02. The molecule has 34 heavy (non-hydrogen) atoms. The Bertz CT molecular complexity index is 1030. The number of methoxy groups -OCH3 is 3. The van der Waals surface area contributed by atoms with E-state index in [1.165, 1.54) is 0 Å². The van der Waals surface area contributed by atoms with Crippen LogP contribution < -0.4 is 19.5 Å². The van der Waals surface area contributed by atoms with Crippen LogP contribution in [0.25, 0.3) is 0 Å². The van der Waals surface area contributed by atoms with Crippen molar-refractivity contribution in [2.45, 2.75) is 38.3 Å². The first kappa shape index (κ1) is 23.7. The highest BCUT2D eigenvalue weighted by Crippen LogP contribution is 2.41. The van der Waals surface area contributed by atoms with Crippen LogP contribution in [-0.2, 0) is 11.2 Å². The number of hydrogen-bond donors (Lipinski definition) is 1. The topological polar surface area (TPSA) is 80.3 Å². The molecule has 2 aromatic rings. The Labute approximate surface area is 200 Å². The quantitative estimate of drug-likeness (QED) is 0.705. The van der Waals surface area contributed by atoms with E-state index in [9.17, 15) is 9.59 Å². The zero-order chi connectivity index (χ0) is 24.2. The Balaban J connectivity index is 1.66. The minimum absolute atomic E-state index is 0.0318. The van der Waals surface area contributed by atoms with Crippen LogP contribution in [0.4, 0.5) is 4.79 Å². The van der Waals surface area contributed by atoms with Gasteiger partial charge < -0.3 is 29.3 Å². The van der Waals surface area contributed by atoms with E-state index < -0.39 is 6.04 Å². The number of ether oxygens (including phenoxy) is 3. The summed E-state index contributed by atoms with van der Waals surface area (Å²) in [4.78, 5) is 29.9. The number of carbonyl (C=O) groups excluding carboxylic acids is 2. The van der Waals surface area contributed by atoms with Gasteiger partial charge in [0, 0.05) is 19.6 Å². The molecule has 2 atom stereocenters. The molecule has 0 unspecified atom stereocenters. The molecule has 0 aliphatic carbocycles. The Hall–Kier alpha value is -3.42. The highest BCUT2D eigenvalue weighted by Gasteiger charge is 2.35. The van der Waals surface area contributed by atoms with Gasteiger partial charge in [-0.1, -0.05) is 12.1 Å². The molecule has 0 radical (unpaired) electrons. The number of carbonyl (C=O) groups is 2. The van der Waals surface area contributed by atoms with Crippen molar-refractivity contribution in [3.63, 3.8) is 0 Å². The summed E-state index contributed by atoms with van der Waals surface area (Å²) in [5.74, 6) is 1.99. The number of nitrogens with zero attached hydrogens (tertiary/aromatic N) is 2. The third-order valence-electron chi connectivity index (χ3n) is 6.69. The molecule has 2 aliphatic heterocycles. The van der Waals surface area contributed by atoms with Gasteiger partial charge in [-0.05, 0) is 67.1 Å². The molecule has 182 valence electrons. The van der Waals surface area contributed by atoms with Crippen molar-refractivity contribution in [3.05, 3.63) is 53.1 Å². The molecule has 3 amide bonds. The fourth-order valence-corrected chi connectivity index (χ4v) is 4.85. The second-order valence-electron chi connectivity index (χ2n) is 8.73. The summed E-state index contributed by atoms with van der Waals surface area (Å²) in [6.45, 7) is 3.78. The van der Waals surface area contributed by atoms with Crippen molar-refractivity contribution in [1.29, 1.82) is 0 Å². The molecule has 2 aromatic carbocycles. The number of benzene rings is 2. The minimum atomic E-state index is -0.589. The van der Waals surface area contributed by atoms with Crippen LogP contribution in [0.5, 0.6) is 17.2 Å². The Morgan fingerprint density at radius 3 is 2.21 bits per heavy atom. The molecule has 1 saturated heterocycles. The fourth-order valence-electron chi connectivity index (χ4n) is 4.85. The van der Waals surface area contributed by atoms with Gasteiger partial charge in [-0.3, -0.25) is 4.79 Å². The standard InChI is InChI=1S/C26H33N3O5/c1-17(25(30)28-12-5-6-13-28)27-26(31)29-14-11-19-15-22(33-3)23(34-4)16-21(19)24(29)18-7-9-20(32-2)10-8-18/h7-10,15-17,24H,5-6,11-14H2,1-4H3,(H,27,31)/t17-,24+/m1/s1. The Morgan fingerprint density at radius 1 is 0.941 bits per heavy atom. The summed E-state index contributed by atoms with van der Waals surface area (Å²) in [5, 5.41) is 2.95. The molecular formula is C26H33N3O5. The zero-order valence-corrected chi connectivity index (χ0v) is 20.3. The summed E-state index contributed by atoms with van der Waals surface area (Å²) in [7, 11) is 4.85. The molecule has 8 heteroatoms. The highest BCUT2D eigenvalue weighted by molar-refractivity contribution is 5.87. The number of rotatable bonds is 6. The summed E-state index contributed by atoms with van der Waals surface area (Å²) >= 11 is 0. The first-order valence-electron chi connectivity index (χ1n) is 11.7. The van der Waals surface area contributed by atoms with E-state index in [0.29, 0.717) is 24.5 Å². The molecule has 8 nitrogen and oxygen atoms in total. The molecule has 2 aliphatic rings. The van der Waals surface area contributed by atoms with Crippen LogP contribution in [0.3, 0.4) is 0 Å². The van der Waals surface area contributed by atoms with Crippen molar-refractivity contribution in [3.8, 4) is 17.2 Å². The number of hydrogen-bond acceptors (Lipinski definition) is 5. The molecular weight excluding hydrogens is 434 g/mol. The lowest BCUT2D eigenvalue weighted by atomic mass is 9.87. The van der Waals surface area contributed by atoms with Crippen molar-refractivity contribution in [2.75, 3.05) is 41.0 Å². The van der Waals surface area contributed by atoms with E-state index in [-0.39, 0.29) is 18.0 Å². The van der Waals surface area contributed by atoms with E-state index in [1.54, 1.807) is 33.2 Å². The van der Waals surface area contributed by atoms with E-state index in [1.807, 2.05) is 41.3 Å². The predicted octanol–water partition coefficient (Wildman–Crippen LogP) is 3.38. The first-order valence-corrected chi connectivity index (χ1v) is 11.7. The second kappa shape index (κ2) is 10.2. The SMILES string of the molecule is COc1ccc([C@H]2c3cc(OC)c(OC)cc3CCN2C(=O)N[C@H](C)C(=O)N2CCCC2)cc1. The van der Waals surface area contributed by atoms with Gasteiger partial charge in [0.15, 0.2) is 11.5 Å². The van der Waals surface area contributed by atoms with Gasteiger partial charge in [0.1, 0.15) is 11.8 Å². The molecule has 1 N–H and O–H groups in total. The fraction of sp³-hybridized carbons (Fsp3) is 0.462. The van der Waals surface area contributed by atoms with Crippen molar-refractivity contribution in [1.82, 2.24) is 15.1 Å². The van der Waals surface area contributed by atoms with Crippen LogP contribution in [-0.4, -0.2) is 68.7 Å². The van der Waals surface area contributed by atoms with Gasteiger partial charge >= 0.3 is 6.03 Å². The maximum Gasteiger partial charge on any atom is 0.318 e. The minimum Gasteiger partial charge on any atom is -0.497 e. The summed E-state index contributed by atoms with van der Waals surface area (Å²) in [6.07, 6.45) is 2.70. The van der Waals surface area contributed by atoms with E-state index in [4.69, 9.17) is 14.2 Å². The third-order valence-corrected chi connectivity index (χ3v) is 6.69. The number of nitrogens with one attached hydrogen (secondary N) is 1. The lowest BCUT2D eigenvalue weighted by molar-refractivity contribution is -0.131. The maximum absolute atomic E-state index is 13.5. The van der Waals surface area contributed by atoms with Gasteiger partial charge in [-0.2, -0.15) is 0 Å². The zero-order valence-electron chi connectivity index (χ0n) is 20.3. The molecule has 4 rings (SSSR count). The van der Waals surface area contributed by atoms with Gasteiger partial charge in [-0.15, -0.1) is 0 Å². The smallest absolute Gasteiger partial charge is 0.318 e. The first-order chi connectivity index (χ1) is 16.5. The molecule has 1 fully saturated rings. The number of urea groups is 1. The second-order valence-corrected chi connectivity index (χ2v) is 8.73. The van der Waals surface area contributed by atoms with Crippen LogP contribution in [0.2, 0.25) is 0 Å². The lowest BCUT2D eigenvalue weighted by Gasteiger charge is -2.38. The number of likely N-dealkylation sites (tertiary alicyclic amines) is 1. The average molecular weight is 468 g/mol. The Kier molecular flexibility index (Phi) is 7.14. The van der Waals surface area contributed by atoms with Crippen LogP contribution >= 0.6 is 0 Å². The summed E-state index contributed by atoms with van der Waals surface area (Å²) in [6, 6.07) is 10.4. The number of amides is 3. The van der Waals surface area contributed by atoms with Gasteiger partial charge in [0.2, 0.25) is 5.91 Å². The van der Waals surface area contributed by atoms with E-state index in [0.717, 1.165) is 48.4 Å². The van der Waals surface area contributed by atoms with Crippen LogP contribution in [0.1, 0.15) is 42.5 Å². The van der Waals surface area contributed by atoms with E-state index >= 15 is 0 Å². The molecule has 2 heterocycles. The van der Waals surface area contributed by atoms with E-state index in [2.05, 4.69) is 5.32 Å². The van der Waals surface area contributed by atoms with Crippen LogP contribution in [0, 0.1) is 0 Å².